The molecule has 0 N–H and O–H groups in total. The number of alkyl halides is 3. The third-order valence-electron chi connectivity index (χ3n) is 4.74. The number of hydrogen-bond donors (Lipinski definition) is 0. The molecule has 3 rings (SSSR count). The van der Waals surface area contributed by atoms with Gasteiger partial charge in [0.05, 0.1) is 25.9 Å². The largest absolute Gasteiger partial charge is 0.497 e. The van der Waals surface area contributed by atoms with Crippen molar-refractivity contribution < 1.29 is 32.2 Å². The molecule has 1 atom stereocenters. The summed E-state index contributed by atoms with van der Waals surface area (Å²) in [6.07, 6.45) is 0.495. The Bertz CT molecular complexity index is 1010. The van der Waals surface area contributed by atoms with Crippen molar-refractivity contribution in [1.29, 1.82) is 0 Å². The maximum Gasteiger partial charge on any atom is 0.471 e. The van der Waals surface area contributed by atoms with Gasteiger partial charge < -0.3 is 19.3 Å². The summed E-state index contributed by atoms with van der Waals surface area (Å²) < 4.78 is 49.1. The fourth-order valence-electron chi connectivity index (χ4n) is 3.30. The van der Waals surface area contributed by atoms with Crippen molar-refractivity contribution >= 4 is 28.8 Å². The molecular weight excluding hydrogens is 435 g/mol. The van der Waals surface area contributed by atoms with Gasteiger partial charge >= 0.3 is 12.1 Å². The third-order valence-corrected chi connectivity index (χ3v) is 5.51. The molecule has 0 spiro atoms. The van der Waals surface area contributed by atoms with Gasteiger partial charge in [0.25, 0.3) is 5.91 Å². The van der Waals surface area contributed by atoms with Crippen LogP contribution in [-0.4, -0.2) is 61.2 Å². The molecule has 2 amide bonds. The summed E-state index contributed by atoms with van der Waals surface area (Å²) in [6, 6.07) is 4.00. The first kappa shape index (κ1) is 22.4. The van der Waals surface area contributed by atoms with Crippen LogP contribution in [0.5, 0.6) is 11.5 Å². The molecule has 0 bridgehead atoms. The minimum atomic E-state index is -4.99. The van der Waals surface area contributed by atoms with Crippen LogP contribution >= 0.6 is 11.3 Å². The van der Waals surface area contributed by atoms with Crippen molar-refractivity contribution in [2.24, 2.45) is 0 Å². The molecule has 0 saturated carbocycles. The number of aromatic nitrogens is 1. The number of amides is 2. The van der Waals surface area contributed by atoms with Crippen LogP contribution in [0.15, 0.2) is 23.6 Å². The molecule has 0 unspecified atom stereocenters. The summed E-state index contributed by atoms with van der Waals surface area (Å²) in [6.45, 7) is -0.420. The number of likely N-dealkylation sites (tertiary alicyclic amines) is 1. The van der Waals surface area contributed by atoms with E-state index in [0.29, 0.717) is 27.1 Å². The summed E-state index contributed by atoms with van der Waals surface area (Å²) in [7, 11) is 2.87. The SMILES string of the molecule is C#Cc1nc(C(=O)N(c2cc(OC)cc(OC)c2)[C@@H]2CCN(C(=O)C(F)(F)F)C2)cs1. The maximum absolute atomic E-state index is 13.3. The average molecular weight is 453 g/mol. The van der Waals surface area contributed by atoms with Crippen LogP contribution in [0.1, 0.15) is 21.9 Å². The molecule has 1 aliphatic rings. The average Bonchev–Trinajstić information content (AvgIpc) is 3.42. The maximum atomic E-state index is 13.3. The van der Waals surface area contributed by atoms with Crippen LogP contribution in [0.2, 0.25) is 0 Å². The Morgan fingerprint density at radius 1 is 1.26 bits per heavy atom. The predicted molar refractivity (Wildman–Crippen MR) is 107 cm³/mol. The zero-order valence-corrected chi connectivity index (χ0v) is 17.4. The van der Waals surface area contributed by atoms with E-state index in [0.717, 1.165) is 11.3 Å². The van der Waals surface area contributed by atoms with Gasteiger partial charge in [0.1, 0.15) is 17.2 Å². The lowest BCUT2D eigenvalue weighted by Gasteiger charge is -2.29. The van der Waals surface area contributed by atoms with E-state index >= 15 is 0 Å². The first-order valence-electron chi connectivity index (χ1n) is 9.02. The second-order valence-electron chi connectivity index (χ2n) is 6.62. The van der Waals surface area contributed by atoms with Gasteiger partial charge in [-0.15, -0.1) is 17.8 Å². The number of ether oxygens (including phenoxy) is 2. The van der Waals surface area contributed by atoms with Crippen molar-refractivity contribution in [2.45, 2.75) is 18.6 Å². The van der Waals surface area contributed by atoms with Crippen LogP contribution in [0.4, 0.5) is 18.9 Å². The number of rotatable bonds is 5. The zero-order chi connectivity index (χ0) is 22.8. The van der Waals surface area contributed by atoms with Crippen molar-refractivity contribution in [2.75, 3.05) is 32.2 Å². The van der Waals surface area contributed by atoms with E-state index in [2.05, 4.69) is 10.9 Å². The minimum Gasteiger partial charge on any atom is -0.497 e. The highest BCUT2D eigenvalue weighted by atomic mass is 32.1. The van der Waals surface area contributed by atoms with E-state index in [1.54, 1.807) is 18.2 Å². The molecule has 1 saturated heterocycles. The Labute approximate surface area is 180 Å². The number of nitrogens with zero attached hydrogens (tertiary/aromatic N) is 3. The number of benzene rings is 1. The molecule has 2 aromatic rings. The van der Waals surface area contributed by atoms with Crippen LogP contribution < -0.4 is 14.4 Å². The van der Waals surface area contributed by atoms with E-state index in [1.807, 2.05) is 0 Å². The number of anilines is 1. The number of halogens is 3. The van der Waals surface area contributed by atoms with Crippen molar-refractivity contribution in [3.05, 3.63) is 34.3 Å². The standard InChI is InChI=1S/C20H18F3N3O4S/c1-4-17-24-16(11-31-17)18(27)26(13-7-14(29-2)9-15(8-13)30-3)12-5-6-25(10-12)19(28)20(21,22)23/h1,7-9,11-12H,5-6,10H2,2-3H3/t12-/m1/s1. The molecule has 164 valence electrons. The zero-order valence-electron chi connectivity index (χ0n) is 16.6. The summed E-state index contributed by atoms with van der Waals surface area (Å²) in [5.41, 5.74) is 0.392. The van der Waals surface area contributed by atoms with Crippen molar-refractivity contribution in [3.63, 3.8) is 0 Å². The summed E-state index contributed by atoms with van der Waals surface area (Å²) in [4.78, 5) is 31.1. The molecule has 2 heterocycles. The fraction of sp³-hybridized carbons (Fsp3) is 0.350. The second-order valence-corrected chi connectivity index (χ2v) is 7.48. The normalized spacial score (nSPS) is 16.0. The van der Waals surface area contributed by atoms with Crippen LogP contribution in [0.25, 0.3) is 0 Å². The van der Waals surface area contributed by atoms with Crippen molar-refractivity contribution in [1.82, 2.24) is 9.88 Å². The smallest absolute Gasteiger partial charge is 0.471 e. The third kappa shape index (κ3) is 4.74. The molecule has 7 nitrogen and oxygen atoms in total. The lowest BCUT2D eigenvalue weighted by molar-refractivity contribution is -0.184. The topological polar surface area (TPSA) is 72.0 Å². The number of hydrogen-bond acceptors (Lipinski definition) is 6. The predicted octanol–water partition coefficient (Wildman–Crippen LogP) is 2.95. The first-order chi connectivity index (χ1) is 14.7. The molecule has 1 aromatic heterocycles. The Hall–Kier alpha value is -3.26. The van der Waals surface area contributed by atoms with Crippen LogP contribution in [-0.2, 0) is 4.79 Å². The highest BCUT2D eigenvalue weighted by Gasteiger charge is 2.46. The van der Waals surface area contributed by atoms with E-state index in [4.69, 9.17) is 15.9 Å². The highest BCUT2D eigenvalue weighted by Crippen LogP contribution is 2.33. The molecule has 0 radical (unpaired) electrons. The van der Waals surface area contributed by atoms with Gasteiger partial charge in [-0.05, 0) is 12.3 Å². The van der Waals surface area contributed by atoms with E-state index in [-0.39, 0.29) is 25.2 Å². The highest BCUT2D eigenvalue weighted by molar-refractivity contribution is 7.10. The molecule has 1 aliphatic heterocycles. The number of terminal acetylenes is 1. The lowest BCUT2D eigenvalue weighted by Crippen LogP contribution is -2.45. The van der Waals surface area contributed by atoms with Gasteiger partial charge in [0.2, 0.25) is 0 Å². The molecule has 1 fully saturated rings. The van der Waals surface area contributed by atoms with E-state index < -0.39 is 24.0 Å². The lowest BCUT2D eigenvalue weighted by atomic mass is 10.1. The van der Waals surface area contributed by atoms with E-state index in [1.165, 1.54) is 24.5 Å². The Morgan fingerprint density at radius 3 is 2.42 bits per heavy atom. The van der Waals surface area contributed by atoms with Gasteiger partial charge in [0.15, 0.2) is 5.01 Å². The fourth-order valence-corrected chi connectivity index (χ4v) is 3.90. The van der Waals surface area contributed by atoms with Gasteiger partial charge in [-0.2, -0.15) is 13.2 Å². The summed E-state index contributed by atoms with van der Waals surface area (Å²) >= 11 is 1.10. The first-order valence-corrected chi connectivity index (χ1v) is 9.90. The van der Waals surface area contributed by atoms with Crippen molar-refractivity contribution in [3.8, 4) is 23.8 Å². The van der Waals surface area contributed by atoms with Gasteiger partial charge in [-0.3, -0.25) is 9.59 Å². The second kappa shape index (κ2) is 8.85. The Kier molecular flexibility index (Phi) is 6.40. The summed E-state index contributed by atoms with van der Waals surface area (Å²) in [5.74, 6) is 0.622. The summed E-state index contributed by atoms with van der Waals surface area (Å²) in [5, 5.41) is 1.78. The number of carbonyl (C=O) groups is 2. The van der Waals surface area contributed by atoms with Gasteiger partial charge in [-0.25, -0.2) is 4.98 Å². The molecular formula is C20H18F3N3O4S. The number of carbonyl (C=O) groups excluding carboxylic acids is 2. The molecule has 1 aromatic carbocycles. The number of methoxy groups -OCH3 is 2. The molecule has 31 heavy (non-hydrogen) atoms. The van der Waals surface area contributed by atoms with Crippen LogP contribution in [0.3, 0.4) is 0 Å². The van der Waals surface area contributed by atoms with E-state index in [9.17, 15) is 22.8 Å². The minimum absolute atomic E-state index is 0.0559. The number of thiazole rings is 1. The monoisotopic (exact) mass is 453 g/mol. The molecule has 0 aliphatic carbocycles. The van der Waals surface area contributed by atoms with Crippen LogP contribution in [0, 0.1) is 12.3 Å². The quantitative estimate of drug-likeness (QED) is 0.651. The Morgan fingerprint density at radius 2 is 1.90 bits per heavy atom. The molecule has 11 heteroatoms. The van der Waals surface area contributed by atoms with Gasteiger partial charge in [-0.1, -0.05) is 0 Å². The Balaban J connectivity index is 2.01. The van der Waals surface area contributed by atoms with Gasteiger partial charge in [0, 0.05) is 36.7 Å².